The molecule has 1 saturated heterocycles. The highest BCUT2D eigenvalue weighted by molar-refractivity contribution is 5.81. The molecule has 28 heavy (non-hydrogen) atoms. The average molecular weight is 379 g/mol. The lowest BCUT2D eigenvalue weighted by Crippen LogP contribution is -2.37. The van der Waals surface area contributed by atoms with Gasteiger partial charge in [0.05, 0.1) is 24.8 Å². The third-order valence-corrected chi connectivity index (χ3v) is 4.69. The minimum Gasteiger partial charge on any atom is -0.378 e. The average Bonchev–Trinajstić information content (AvgIpc) is 2.75. The van der Waals surface area contributed by atoms with Crippen LogP contribution in [0.25, 0.3) is 10.8 Å². The van der Waals surface area contributed by atoms with E-state index in [9.17, 15) is 9.59 Å². The largest absolute Gasteiger partial charge is 0.378 e. The molecular formula is C20H21N5O3. The fourth-order valence-electron chi connectivity index (χ4n) is 3.17. The van der Waals surface area contributed by atoms with E-state index >= 15 is 0 Å². The van der Waals surface area contributed by atoms with Crippen molar-refractivity contribution in [2.75, 3.05) is 31.2 Å². The summed E-state index contributed by atoms with van der Waals surface area (Å²) < 4.78 is 6.55. The van der Waals surface area contributed by atoms with E-state index in [1.165, 1.54) is 4.68 Å². The number of benzene rings is 1. The number of hydrogen-bond acceptors (Lipinski definition) is 6. The van der Waals surface area contributed by atoms with E-state index in [1.54, 1.807) is 24.5 Å². The highest BCUT2D eigenvalue weighted by Crippen LogP contribution is 2.14. The van der Waals surface area contributed by atoms with Gasteiger partial charge in [0.25, 0.3) is 5.56 Å². The van der Waals surface area contributed by atoms with Gasteiger partial charge in [-0.3, -0.25) is 9.59 Å². The zero-order valence-electron chi connectivity index (χ0n) is 15.4. The molecule has 0 radical (unpaired) electrons. The molecule has 1 aliphatic heterocycles. The van der Waals surface area contributed by atoms with Gasteiger partial charge in [0.1, 0.15) is 12.4 Å². The Labute approximate surface area is 161 Å². The monoisotopic (exact) mass is 379 g/mol. The number of morpholine rings is 1. The summed E-state index contributed by atoms with van der Waals surface area (Å²) in [5, 5.41) is 8.25. The van der Waals surface area contributed by atoms with Gasteiger partial charge in [0.2, 0.25) is 5.91 Å². The number of nitrogens with one attached hydrogen (secondary N) is 1. The third kappa shape index (κ3) is 4.01. The molecule has 144 valence electrons. The van der Waals surface area contributed by atoms with Crippen LogP contribution in [0, 0.1) is 0 Å². The van der Waals surface area contributed by atoms with Crippen molar-refractivity contribution in [3.8, 4) is 0 Å². The van der Waals surface area contributed by atoms with Gasteiger partial charge in [-0.05, 0) is 23.8 Å². The van der Waals surface area contributed by atoms with Gasteiger partial charge in [-0.1, -0.05) is 18.2 Å². The number of ether oxygens (including phenoxy) is 1. The summed E-state index contributed by atoms with van der Waals surface area (Å²) in [5.41, 5.74) is 0.676. The first-order chi connectivity index (χ1) is 13.7. The molecule has 1 N–H and O–H groups in total. The minimum absolute atomic E-state index is 0.120. The molecule has 4 rings (SSSR count). The van der Waals surface area contributed by atoms with E-state index in [0.717, 1.165) is 29.9 Å². The van der Waals surface area contributed by atoms with E-state index in [1.807, 2.05) is 24.3 Å². The van der Waals surface area contributed by atoms with Gasteiger partial charge in [-0.2, -0.15) is 5.10 Å². The number of carbonyl (C=O) groups is 1. The lowest BCUT2D eigenvalue weighted by molar-refractivity contribution is -0.122. The first kappa shape index (κ1) is 18.1. The molecule has 8 heteroatoms. The lowest BCUT2D eigenvalue weighted by atomic mass is 10.2. The smallest absolute Gasteiger partial charge is 0.275 e. The summed E-state index contributed by atoms with van der Waals surface area (Å²) in [5.74, 6) is 0.608. The predicted molar refractivity (Wildman–Crippen MR) is 105 cm³/mol. The number of pyridine rings is 1. The molecule has 0 atom stereocenters. The Hall–Kier alpha value is -3.26. The Morgan fingerprint density at radius 1 is 1.18 bits per heavy atom. The van der Waals surface area contributed by atoms with Crippen LogP contribution in [-0.4, -0.2) is 47.0 Å². The Morgan fingerprint density at radius 3 is 2.86 bits per heavy atom. The highest BCUT2D eigenvalue weighted by atomic mass is 16.5. The van der Waals surface area contributed by atoms with E-state index in [2.05, 4.69) is 20.3 Å². The molecule has 0 unspecified atom stereocenters. The maximum absolute atomic E-state index is 12.5. The van der Waals surface area contributed by atoms with Gasteiger partial charge in [-0.25, -0.2) is 9.67 Å². The van der Waals surface area contributed by atoms with Crippen molar-refractivity contribution in [3.05, 3.63) is 64.7 Å². The van der Waals surface area contributed by atoms with Crippen LogP contribution in [0.1, 0.15) is 5.56 Å². The first-order valence-corrected chi connectivity index (χ1v) is 9.20. The molecule has 1 amide bonds. The molecule has 1 fully saturated rings. The molecule has 1 aliphatic rings. The summed E-state index contributed by atoms with van der Waals surface area (Å²) >= 11 is 0. The number of anilines is 1. The van der Waals surface area contributed by atoms with Gasteiger partial charge < -0.3 is 15.0 Å². The quantitative estimate of drug-likeness (QED) is 0.710. The summed E-state index contributed by atoms with van der Waals surface area (Å²) in [6.07, 6.45) is 3.34. The minimum atomic E-state index is -0.272. The second kappa shape index (κ2) is 8.18. The number of hydrogen-bond donors (Lipinski definition) is 1. The fraction of sp³-hybridized carbons (Fsp3) is 0.300. The molecule has 0 spiro atoms. The van der Waals surface area contributed by atoms with Crippen LogP contribution in [0.5, 0.6) is 0 Å². The summed E-state index contributed by atoms with van der Waals surface area (Å²) in [6, 6.07) is 11.0. The van der Waals surface area contributed by atoms with Crippen LogP contribution in [-0.2, 0) is 22.6 Å². The maximum atomic E-state index is 12.5. The van der Waals surface area contributed by atoms with E-state index < -0.39 is 0 Å². The maximum Gasteiger partial charge on any atom is 0.275 e. The summed E-state index contributed by atoms with van der Waals surface area (Å²) in [4.78, 5) is 31.3. The van der Waals surface area contributed by atoms with Crippen LogP contribution in [0.3, 0.4) is 0 Å². The Bertz CT molecular complexity index is 1040. The summed E-state index contributed by atoms with van der Waals surface area (Å²) in [6.45, 7) is 3.23. The second-order valence-corrected chi connectivity index (χ2v) is 6.59. The van der Waals surface area contributed by atoms with Crippen molar-refractivity contribution >= 4 is 22.5 Å². The van der Waals surface area contributed by atoms with Gasteiger partial charge in [-0.15, -0.1) is 0 Å². The zero-order valence-corrected chi connectivity index (χ0v) is 15.4. The Morgan fingerprint density at radius 2 is 2.00 bits per heavy atom. The van der Waals surface area contributed by atoms with Gasteiger partial charge >= 0.3 is 0 Å². The van der Waals surface area contributed by atoms with E-state index in [-0.39, 0.29) is 18.0 Å². The number of carbonyl (C=O) groups excluding carboxylic acids is 1. The number of amides is 1. The van der Waals surface area contributed by atoms with E-state index in [0.29, 0.717) is 25.1 Å². The van der Waals surface area contributed by atoms with Crippen molar-refractivity contribution < 1.29 is 9.53 Å². The SMILES string of the molecule is O=C(Cn1ncc2ccccc2c1=O)NCc1ccnc(N2CCOCC2)c1. The van der Waals surface area contributed by atoms with Crippen LogP contribution in [0.2, 0.25) is 0 Å². The van der Waals surface area contributed by atoms with Crippen molar-refractivity contribution in [2.24, 2.45) is 0 Å². The third-order valence-electron chi connectivity index (χ3n) is 4.69. The fourth-order valence-corrected chi connectivity index (χ4v) is 3.17. The molecule has 0 saturated carbocycles. The second-order valence-electron chi connectivity index (χ2n) is 6.59. The molecule has 0 aliphatic carbocycles. The van der Waals surface area contributed by atoms with E-state index in [4.69, 9.17) is 4.74 Å². The molecule has 8 nitrogen and oxygen atoms in total. The Balaban J connectivity index is 1.40. The molecule has 3 heterocycles. The van der Waals surface area contributed by atoms with Crippen LogP contribution >= 0.6 is 0 Å². The number of fused-ring (bicyclic) bond motifs is 1. The zero-order chi connectivity index (χ0) is 19.3. The van der Waals surface area contributed by atoms with Crippen molar-refractivity contribution in [1.82, 2.24) is 20.1 Å². The van der Waals surface area contributed by atoms with Gasteiger partial charge in [0.15, 0.2) is 0 Å². The summed E-state index contributed by atoms with van der Waals surface area (Å²) in [7, 11) is 0. The number of rotatable bonds is 5. The molecule has 3 aromatic rings. The van der Waals surface area contributed by atoms with Crippen molar-refractivity contribution in [2.45, 2.75) is 13.1 Å². The first-order valence-electron chi connectivity index (χ1n) is 9.20. The van der Waals surface area contributed by atoms with Crippen molar-refractivity contribution in [3.63, 3.8) is 0 Å². The normalized spacial score (nSPS) is 14.2. The number of aromatic nitrogens is 3. The van der Waals surface area contributed by atoms with Crippen LogP contribution in [0.4, 0.5) is 5.82 Å². The molecule has 1 aromatic carbocycles. The Kier molecular flexibility index (Phi) is 5.29. The lowest BCUT2D eigenvalue weighted by Gasteiger charge is -2.28. The highest BCUT2D eigenvalue weighted by Gasteiger charge is 2.13. The predicted octanol–water partition coefficient (Wildman–Crippen LogP) is 0.944. The van der Waals surface area contributed by atoms with Crippen LogP contribution < -0.4 is 15.8 Å². The standard InChI is InChI=1S/C20H21N5O3/c26-19(14-25-20(27)17-4-2-1-3-16(17)13-23-25)22-12-15-5-6-21-18(11-15)24-7-9-28-10-8-24/h1-6,11,13H,7-10,12,14H2,(H,22,26). The molecule has 2 aromatic heterocycles. The molecular weight excluding hydrogens is 358 g/mol. The topological polar surface area (TPSA) is 89.3 Å². The number of nitrogens with zero attached hydrogens (tertiary/aromatic N) is 4. The van der Waals surface area contributed by atoms with Gasteiger partial charge in [0, 0.05) is 31.2 Å². The van der Waals surface area contributed by atoms with Crippen LogP contribution in [0.15, 0.2) is 53.6 Å². The van der Waals surface area contributed by atoms with Crippen molar-refractivity contribution in [1.29, 1.82) is 0 Å². The molecule has 0 bridgehead atoms.